The maximum Gasteiger partial charge on any atom is 0.122 e. The lowest BCUT2D eigenvalue weighted by Crippen LogP contribution is -2.43. The van der Waals surface area contributed by atoms with Crippen LogP contribution in [-0.4, -0.2) is 32.8 Å². The van der Waals surface area contributed by atoms with Crippen molar-refractivity contribution in [1.82, 2.24) is 5.32 Å². The molecular weight excluding hydrogens is 248 g/mol. The first kappa shape index (κ1) is 15.2. The maximum atomic E-state index is 5.96. The topological polar surface area (TPSA) is 24.5 Å². The van der Waals surface area contributed by atoms with Crippen molar-refractivity contribution in [3.8, 4) is 5.75 Å². The number of nitrogens with one attached hydrogen (secondary N) is 1. The molecule has 3 nitrogen and oxygen atoms in total. The van der Waals surface area contributed by atoms with Gasteiger partial charge in [-0.3, -0.25) is 0 Å². The molecule has 0 amide bonds. The summed E-state index contributed by atoms with van der Waals surface area (Å²) in [5, 5.41) is 3.39. The minimum atomic E-state index is 0.632. The van der Waals surface area contributed by atoms with Gasteiger partial charge < -0.3 is 15.0 Å². The number of hydrogen-bond acceptors (Lipinski definition) is 3. The van der Waals surface area contributed by atoms with Gasteiger partial charge in [0.05, 0.1) is 6.61 Å². The molecule has 1 unspecified atom stereocenters. The van der Waals surface area contributed by atoms with Gasteiger partial charge >= 0.3 is 0 Å². The van der Waals surface area contributed by atoms with Gasteiger partial charge in [0.25, 0.3) is 0 Å². The number of aryl methyl sites for hydroxylation is 1. The normalized spacial score (nSPS) is 17.1. The van der Waals surface area contributed by atoms with Crippen LogP contribution < -0.4 is 15.0 Å². The van der Waals surface area contributed by atoms with Gasteiger partial charge in [0.1, 0.15) is 5.75 Å². The van der Waals surface area contributed by atoms with E-state index in [2.05, 4.69) is 49.2 Å². The molecule has 0 saturated carbocycles. The summed E-state index contributed by atoms with van der Waals surface area (Å²) in [5.74, 6) is 1.67. The summed E-state index contributed by atoms with van der Waals surface area (Å²) in [4.78, 5) is 2.44. The van der Waals surface area contributed by atoms with E-state index in [1.54, 1.807) is 0 Å². The highest BCUT2D eigenvalue weighted by molar-refractivity contribution is 5.53. The van der Waals surface area contributed by atoms with E-state index >= 15 is 0 Å². The molecule has 1 aliphatic rings. The Morgan fingerprint density at radius 1 is 1.30 bits per heavy atom. The number of hydrogen-bond donors (Lipinski definition) is 1. The lowest BCUT2D eigenvalue weighted by molar-refractivity contribution is 0.250. The molecule has 0 spiro atoms. The van der Waals surface area contributed by atoms with Gasteiger partial charge in [0.2, 0.25) is 0 Å². The fourth-order valence-corrected chi connectivity index (χ4v) is 2.72. The lowest BCUT2D eigenvalue weighted by atomic mass is 10.1. The second-order valence-corrected chi connectivity index (χ2v) is 5.89. The molecule has 1 atom stereocenters. The Morgan fingerprint density at radius 2 is 2.05 bits per heavy atom. The summed E-state index contributed by atoms with van der Waals surface area (Å²) < 4.78 is 5.96. The quantitative estimate of drug-likeness (QED) is 0.863. The number of benzene rings is 1. The van der Waals surface area contributed by atoms with E-state index in [0.717, 1.165) is 38.5 Å². The summed E-state index contributed by atoms with van der Waals surface area (Å²) >= 11 is 0. The van der Waals surface area contributed by atoms with Crippen molar-refractivity contribution in [3.05, 3.63) is 23.8 Å². The zero-order valence-electron chi connectivity index (χ0n) is 13.1. The van der Waals surface area contributed by atoms with Crippen molar-refractivity contribution in [1.29, 1.82) is 0 Å². The first-order valence-corrected chi connectivity index (χ1v) is 7.89. The zero-order chi connectivity index (χ0) is 14.4. The van der Waals surface area contributed by atoms with Gasteiger partial charge in [0.15, 0.2) is 0 Å². The molecule has 1 aromatic carbocycles. The Bertz CT molecular complexity index is 413. The van der Waals surface area contributed by atoms with E-state index in [-0.39, 0.29) is 0 Å². The lowest BCUT2D eigenvalue weighted by Gasteiger charge is -2.30. The summed E-state index contributed by atoms with van der Waals surface area (Å²) in [7, 11) is 0. The Morgan fingerprint density at radius 3 is 2.70 bits per heavy atom. The van der Waals surface area contributed by atoms with Crippen molar-refractivity contribution in [2.75, 3.05) is 37.7 Å². The number of anilines is 1. The van der Waals surface area contributed by atoms with E-state index in [1.807, 2.05) is 0 Å². The van der Waals surface area contributed by atoms with E-state index in [0.29, 0.717) is 5.92 Å². The van der Waals surface area contributed by atoms with Crippen LogP contribution in [0.25, 0.3) is 0 Å². The van der Waals surface area contributed by atoms with Gasteiger partial charge in [-0.15, -0.1) is 0 Å². The minimum Gasteiger partial charge on any atom is -0.493 e. The molecule has 112 valence electrons. The standard InChI is InChI=1S/C17H28N2O/c1-4-5-14(2)13-20-17-7-6-16(12-15(17)3)19-10-8-18-9-11-19/h6-7,12,14,18H,4-5,8-11,13H2,1-3H3. The van der Waals surface area contributed by atoms with E-state index in [9.17, 15) is 0 Å². The summed E-state index contributed by atoms with van der Waals surface area (Å²) in [6, 6.07) is 6.58. The minimum absolute atomic E-state index is 0.632. The number of piperazine rings is 1. The van der Waals surface area contributed by atoms with Crippen molar-refractivity contribution in [2.24, 2.45) is 5.92 Å². The molecule has 1 fully saturated rings. The number of ether oxygens (including phenoxy) is 1. The second-order valence-electron chi connectivity index (χ2n) is 5.89. The summed E-state index contributed by atoms with van der Waals surface area (Å²) in [5.41, 5.74) is 2.56. The smallest absolute Gasteiger partial charge is 0.122 e. The van der Waals surface area contributed by atoms with Crippen LogP contribution in [0, 0.1) is 12.8 Å². The molecule has 1 N–H and O–H groups in total. The van der Waals surface area contributed by atoms with Crippen LogP contribution in [0.15, 0.2) is 18.2 Å². The predicted octanol–water partition coefficient (Wildman–Crippen LogP) is 3.22. The van der Waals surface area contributed by atoms with Gasteiger partial charge in [-0.25, -0.2) is 0 Å². The van der Waals surface area contributed by atoms with Crippen LogP contribution in [0.4, 0.5) is 5.69 Å². The van der Waals surface area contributed by atoms with Gasteiger partial charge in [-0.2, -0.15) is 0 Å². The molecule has 0 aliphatic carbocycles. The van der Waals surface area contributed by atoms with Gasteiger partial charge in [-0.1, -0.05) is 20.3 Å². The fraction of sp³-hybridized carbons (Fsp3) is 0.647. The molecule has 2 rings (SSSR count). The van der Waals surface area contributed by atoms with Crippen LogP contribution >= 0.6 is 0 Å². The SMILES string of the molecule is CCCC(C)COc1ccc(N2CCNCC2)cc1C. The molecule has 1 saturated heterocycles. The average molecular weight is 276 g/mol. The Labute approximate surface area is 123 Å². The maximum absolute atomic E-state index is 5.96. The van der Waals surface area contributed by atoms with Gasteiger partial charge in [-0.05, 0) is 43.0 Å². The molecule has 0 aromatic heterocycles. The predicted molar refractivity (Wildman–Crippen MR) is 85.8 cm³/mol. The first-order valence-electron chi connectivity index (χ1n) is 7.89. The van der Waals surface area contributed by atoms with Crippen molar-refractivity contribution < 1.29 is 4.74 Å². The summed E-state index contributed by atoms with van der Waals surface area (Å²) in [6.45, 7) is 11.8. The molecule has 20 heavy (non-hydrogen) atoms. The molecule has 0 bridgehead atoms. The molecular formula is C17H28N2O. The molecule has 1 aromatic rings. The van der Waals surface area contributed by atoms with Crippen LogP contribution in [0.5, 0.6) is 5.75 Å². The van der Waals surface area contributed by atoms with Crippen molar-refractivity contribution in [3.63, 3.8) is 0 Å². The highest BCUT2D eigenvalue weighted by Crippen LogP contribution is 2.25. The third-order valence-electron chi connectivity index (χ3n) is 3.95. The highest BCUT2D eigenvalue weighted by Gasteiger charge is 2.12. The summed E-state index contributed by atoms with van der Waals surface area (Å²) in [6.07, 6.45) is 2.46. The fourth-order valence-electron chi connectivity index (χ4n) is 2.72. The first-order chi connectivity index (χ1) is 9.70. The van der Waals surface area contributed by atoms with E-state index in [4.69, 9.17) is 4.74 Å². The third kappa shape index (κ3) is 4.14. The van der Waals surface area contributed by atoms with Crippen molar-refractivity contribution >= 4 is 5.69 Å². The monoisotopic (exact) mass is 276 g/mol. The third-order valence-corrected chi connectivity index (χ3v) is 3.95. The van der Waals surface area contributed by atoms with Crippen LogP contribution in [-0.2, 0) is 0 Å². The largest absolute Gasteiger partial charge is 0.493 e. The van der Waals surface area contributed by atoms with Crippen LogP contribution in [0.3, 0.4) is 0 Å². The molecule has 1 heterocycles. The van der Waals surface area contributed by atoms with Crippen molar-refractivity contribution in [2.45, 2.75) is 33.6 Å². The van der Waals surface area contributed by atoms with Gasteiger partial charge in [0, 0.05) is 31.9 Å². The zero-order valence-corrected chi connectivity index (χ0v) is 13.1. The Kier molecular flexibility index (Phi) is 5.72. The van der Waals surface area contributed by atoms with E-state index in [1.165, 1.54) is 24.1 Å². The number of nitrogens with zero attached hydrogens (tertiary/aromatic N) is 1. The van der Waals surface area contributed by atoms with Crippen LogP contribution in [0.1, 0.15) is 32.3 Å². The number of rotatable bonds is 6. The Hall–Kier alpha value is -1.22. The average Bonchev–Trinajstić information content (AvgIpc) is 2.47. The molecule has 1 aliphatic heterocycles. The van der Waals surface area contributed by atoms with Crippen LogP contribution in [0.2, 0.25) is 0 Å². The molecule has 3 heteroatoms. The molecule has 0 radical (unpaired) electrons. The highest BCUT2D eigenvalue weighted by atomic mass is 16.5. The second kappa shape index (κ2) is 7.53. The van der Waals surface area contributed by atoms with E-state index < -0.39 is 0 Å². The Balaban J connectivity index is 1.94.